The van der Waals surface area contributed by atoms with Crippen molar-refractivity contribution >= 4 is 5.82 Å². The molecule has 0 spiro atoms. The second-order valence-corrected chi connectivity index (χ2v) is 4.56. The lowest BCUT2D eigenvalue weighted by atomic mass is 9.96. The summed E-state index contributed by atoms with van der Waals surface area (Å²) >= 11 is 0. The molecule has 1 saturated heterocycles. The van der Waals surface area contributed by atoms with E-state index in [0.717, 1.165) is 13.2 Å². The minimum atomic E-state index is -0.153. The zero-order valence-electron chi connectivity index (χ0n) is 8.62. The number of aromatic nitrogens is 2. The quantitative estimate of drug-likeness (QED) is 0.740. The molecule has 2 heterocycles. The SMILES string of the molecule is CC1(C)COC(Cn2cc(N)[nH]2)OC1. The summed E-state index contributed by atoms with van der Waals surface area (Å²) in [4.78, 5) is 0. The van der Waals surface area contributed by atoms with Gasteiger partial charge in [0.05, 0.1) is 26.0 Å². The van der Waals surface area contributed by atoms with E-state index in [-0.39, 0.29) is 11.7 Å². The van der Waals surface area contributed by atoms with Crippen molar-refractivity contribution in [2.24, 2.45) is 5.41 Å². The first-order valence-electron chi connectivity index (χ1n) is 4.79. The molecule has 1 aromatic rings. The molecule has 0 radical (unpaired) electrons. The minimum Gasteiger partial charge on any atom is -0.383 e. The topological polar surface area (TPSA) is 65.2 Å². The average molecular weight is 199 g/mol. The predicted molar refractivity (Wildman–Crippen MR) is 52.7 cm³/mol. The molecule has 0 saturated carbocycles. The average Bonchev–Trinajstić information content (AvgIpc) is 2.06. The van der Waals surface area contributed by atoms with E-state index in [1.165, 1.54) is 0 Å². The van der Waals surface area contributed by atoms with Gasteiger partial charge in [-0.1, -0.05) is 13.8 Å². The zero-order valence-corrected chi connectivity index (χ0v) is 8.62. The maximum atomic E-state index is 5.56. The molecule has 0 unspecified atom stereocenters. The lowest BCUT2D eigenvalue weighted by Gasteiger charge is -2.35. The number of nitrogen functional groups attached to an aromatic ring is 1. The lowest BCUT2D eigenvalue weighted by molar-refractivity contribution is -0.227. The highest BCUT2D eigenvalue weighted by atomic mass is 16.7. The molecule has 2 rings (SSSR count). The first kappa shape index (κ1) is 9.61. The molecule has 5 heteroatoms. The Morgan fingerprint density at radius 2 is 2.14 bits per heavy atom. The van der Waals surface area contributed by atoms with Gasteiger partial charge in [0.2, 0.25) is 0 Å². The summed E-state index contributed by atoms with van der Waals surface area (Å²) in [5.74, 6) is 0.682. The maximum absolute atomic E-state index is 5.56. The fourth-order valence-corrected chi connectivity index (χ4v) is 1.42. The summed E-state index contributed by atoms with van der Waals surface area (Å²) in [6.07, 6.45) is 1.67. The van der Waals surface area contributed by atoms with Gasteiger partial charge in [0.1, 0.15) is 5.82 Å². The van der Waals surface area contributed by atoms with E-state index in [2.05, 4.69) is 18.9 Å². The van der Waals surface area contributed by atoms with Crippen LogP contribution < -0.4 is 5.73 Å². The van der Waals surface area contributed by atoms with Gasteiger partial charge in [-0.3, -0.25) is 9.78 Å². The number of rotatable bonds is 2. The molecule has 0 bridgehead atoms. The fourth-order valence-electron chi connectivity index (χ4n) is 1.42. The van der Waals surface area contributed by atoms with E-state index in [0.29, 0.717) is 12.4 Å². The smallest absolute Gasteiger partial charge is 0.176 e. The Morgan fingerprint density at radius 3 is 2.64 bits per heavy atom. The van der Waals surface area contributed by atoms with Gasteiger partial charge >= 0.3 is 0 Å². The van der Waals surface area contributed by atoms with Gasteiger partial charge in [0.15, 0.2) is 6.29 Å². The largest absolute Gasteiger partial charge is 0.383 e. The minimum absolute atomic E-state index is 0.133. The second-order valence-electron chi connectivity index (χ2n) is 4.56. The Kier molecular flexibility index (Phi) is 2.28. The molecule has 0 atom stereocenters. The molecule has 14 heavy (non-hydrogen) atoms. The van der Waals surface area contributed by atoms with E-state index in [4.69, 9.17) is 15.2 Å². The zero-order chi connectivity index (χ0) is 10.2. The third-order valence-corrected chi connectivity index (χ3v) is 2.23. The van der Waals surface area contributed by atoms with E-state index < -0.39 is 0 Å². The number of nitrogens with one attached hydrogen (secondary N) is 1. The van der Waals surface area contributed by atoms with Gasteiger partial charge < -0.3 is 15.2 Å². The first-order chi connectivity index (χ1) is 6.55. The Balaban J connectivity index is 1.80. The molecule has 80 valence electrons. The van der Waals surface area contributed by atoms with E-state index in [1.807, 2.05) is 10.9 Å². The van der Waals surface area contributed by atoms with Crippen LogP contribution in [-0.4, -0.2) is 29.3 Å². The van der Waals surface area contributed by atoms with Crippen LogP contribution in [0.1, 0.15) is 13.8 Å². The molecule has 0 amide bonds. The van der Waals surface area contributed by atoms with Crippen LogP contribution in [0.15, 0.2) is 6.20 Å². The Morgan fingerprint density at radius 1 is 1.57 bits per heavy atom. The third-order valence-electron chi connectivity index (χ3n) is 2.23. The first-order valence-corrected chi connectivity index (χ1v) is 4.79. The number of nitrogens with zero attached hydrogens (tertiary/aromatic N) is 1. The van der Waals surface area contributed by atoms with Crippen LogP contribution in [-0.2, 0) is 16.0 Å². The normalized spacial score (nSPS) is 22.7. The molecular formula is C9H17N3O2. The number of H-pyrrole nitrogens is 1. The van der Waals surface area contributed by atoms with Gasteiger partial charge in [0.25, 0.3) is 0 Å². The van der Waals surface area contributed by atoms with Crippen molar-refractivity contribution in [2.75, 3.05) is 18.9 Å². The fraction of sp³-hybridized carbons (Fsp3) is 0.778. The van der Waals surface area contributed by atoms with Crippen LogP contribution in [0.3, 0.4) is 0 Å². The van der Waals surface area contributed by atoms with Crippen LogP contribution in [0.4, 0.5) is 5.82 Å². The predicted octanol–water partition coefficient (Wildman–Crippen LogP) is 0.798. The molecule has 5 nitrogen and oxygen atoms in total. The highest BCUT2D eigenvalue weighted by Gasteiger charge is 2.28. The summed E-state index contributed by atoms with van der Waals surface area (Å²) in [6, 6.07) is 0. The van der Waals surface area contributed by atoms with Crippen molar-refractivity contribution in [3.8, 4) is 0 Å². The number of hydrogen-bond acceptors (Lipinski definition) is 3. The van der Waals surface area contributed by atoms with Gasteiger partial charge in [-0.05, 0) is 0 Å². The van der Waals surface area contributed by atoms with Gasteiger partial charge in [-0.25, -0.2) is 0 Å². The molecular weight excluding hydrogens is 182 g/mol. The van der Waals surface area contributed by atoms with Crippen molar-refractivity contribution in [1.29, 1.82) is 0 Å². The van der Waals surface area contributed by atoms with Crippen LogP contribution in [0.5, 0.6) is 0 Å². The number of aromatic amines is 1. The maximum Gasteiger partial charge on any atom is 0.176 e. The molecule has 0 aliphatic carbocycles. The van der Waals surface area contributed by atoms with Crippen LogP contribution >= 0.6 is 0 Å². The number of hydrogen-bond donors (Lipinski definition) is 2. The monoisotopic (exact) mass is 199 g/mol. The summed E-state index contributed by atoms with van der Waals surface area (Å²) < 4.78 is 13.0. The van der Waals surface area contributed by atoms with Crippen molar-refractivity contribution in [3.05, 3.63) is 6.20 Å². The van der Waals surface area contributed by atoms with E-state index in [1.54, 1.807) is 0 Å². The molecule has 3 N–H and O–H groups in total. The number of anilines is 1. The van der Waals surface area contributed by atoms with Crippen molar-refractivity contribution in [3.63, 3.8) is 0 Å². The molecule has 1 aliphatic heterocycles. The van der Waals surface area contributed by atoms with Crippen molar-refractivity contribution in [2.45, 2.75) is 26.7 Å². The van der Waals surface area contributed by atoms with E-state index >= 15 is 0 Å². The summed E-state index contributed by atoms with van der Waals surface area (Å²) in [5, 5.41) is 2.92. The van der Waals surface area contributed by atoms with Gasteiger partial charge in [0, 0.05) is 5.41 Å². The van der Waals surface area contributed by atoms with Crippen LogP contribution in [0.2, 0.25) is 0 Å². The summed E-state index contributed by atoms with van der Waals surface area (Å²) in [6.45, 7) is 6.41. The highest BCUT2D eigenvalue weighted by Crippen LogP contribution is 2.23. The Hall–Kier alpha value is -0.940. The van der Waals surface area contributed by atoms with Gasteiger partial charge in [-0.15, -0.1) is 0 Å². The van der Waals surface area contributed by atoms with Crippen molar-refractivity contribution < 1.29 is 9.47 Å². The van der Waals surface area contributed by atoms with Crippen molar-refractivity contribution in [1.82, 2.24) is 9.78 Å². The third kappa shape index (κ3) is 2.10. The Bertz CT molecular complexity index is 281. The van der Waals surface area contributed by atoms with E-state index in [9.17, 15) is 0 Å². The van der Waals surface area contributed by atoms with Crippen LogP contribution in [0, 0.1) is 5.41 Å². The highest BCUT2D eigenvalue weighted by molar-refractivity contribution is 5.23. The lowest BCUT2D eigenvalue weighted by Crippen LogP contribution is -2.40. The number of ether oxygens (including phenoxy) is 2. The molecule has 0 aromatic carbocycles. The summed E-state index contributed by atoms with van der Waals surface area (Å²) in [5.41, 5.74) is 5.58. The standard InChI is InChI=1S/C9H17N3O2/c1-9(2)5-13-8(14-6-9)4-12-3-7(10)11-12/h3,8,11H,4-6,10H2,1-2H3. The molecule has 1 fully saturated rings. The Labute approximate surface area is 83.1 Å². The second kappa shape index (κ2) is 3.33. The van der Waals surface area contributed by atoms with Gasteiger partial charge in [-0.2, -0.15) is 0 Å². The van der Waals surface area contributed by atoms with Crippen LogP contribution in [0.25, 0.3) is 0 Å². The summed E-state index contributed by atoms with van der Waals surface area (Å²) in [7, 11) is 0. The molecule has 1 aromatic heterocycles. The molecule has 1 aliphatic rings. The number of nitrogens with two attached hydrogens (primary N) is 1.